The van der Waals surface area contributed by atoms with Crippen molar-refractivity contribution < 1.29 is 18.3 Å². The second-order valence-corrected chi connectivity index (χ2v) is 5.75. The number of carbonyl (C=O) groups excluding carboxylic acids is 1. The van der Waals surface area contributed by atoms with Crippen LogP contribution in [0.4, 0.5) is 20.2 Å². The molecule has 0 spiro atoms. The predicted molar refractivity (Wildman–Crippen MR) is 98.0 cm³/mol. The third-order valence-corrected chi connectivity index (χ3v) is 3.82. The Morgan fingerprint density at radius 1 is 1.00 bits per heavy atom. The quantitative estimate of drug-likeness (QED) is 0.688. The summed E-state index contributed by atoms with van der Waals surface area (Å²) in [7, 11) is 1.59. The summed E-state index contributed by atoms with van der Waals surface area (Å²) in [5, 5.41) is 5.69. The summed E-state index contributed by atoms with van der Waals surface area (Å²) < 4.78 is 31.4. The van der Waals surface area contributed by atoms with Crippen LogP contribution in [-0.2, 0) is 6.54 Å². The largest absolute Gasteiger partial charge is 0.497 e. The molecular weight excluding hydrogens is 352 g/mol. The minimum Gasteiger partial charge on any atom is -0.497 e. The molecule has 138 valence electrons. The molecule has 1 aromatic heterocycles. The van der Waals surface area contributed by atoms with Crippen LogP contribution in [0.5, 0.6) is 5.75 Å². The topological polar surface area (TPSA) is 63.2 Å². The number of benzene rings is 2. The SMILES string of the molecule is COc1ccc(CNC(=O)c2cncc(Nc3ccc(F)c(F)c3)c2)cc1. The van der Waals surface area contributed by atoms with Gasteiger partial charge in [0.05, 0.1) is 24.6 Å². The molecule has 0 bridgehead atoms. The van der Waals surface area contributed by atoms with Crippen LogP contribution in [0.25, 0.3) is 0 Å². The third-order valence-electron chi connectivity index (χ3n) is 3.82. The van der Waals surface area contributed by atoms with Gasteiger partial charge < -0.3 is 15.4 Å². The van der Waals surface area contributed by atoms with Crippen molar-refractivity contribution in [2.75, 3.05) is 12.4 Å². The normalized spacial score (nSPS) is 10.3. The van der Waals surface area contributed by atoms with Crippen LogP contribution in [0.3, 0.4) is 0 Å². The van der Waals surface area contributed by atoms with Gasteiger partial charge in [-0.05, 0) is 35.9 Å². The monoisotopic (exact) mass is 369 g/mol. The van der Waals surface area contributed by atoms with Gasteiger partial charge in [-0.2, -0.15) is 0 Å². The molecule has 0 unspecified atom stereocenters. The zero-order valence-electron chi connectivity index (χ0n) is 14.5. The molecule has 0 aliphatic carbocycles. The lowest BCUT2D eigenvalue weighted by Crippen LogP contribution is -2.23. The van der Waals surface area contributed by atoms with E-state index >= 15 is 0 Å². The fourth-order valence-electron chi connectivity index (χ4n) is 2.40. The van der Waals surface area contributed by atoms with Crippen molar-refractivity contribution in [1.82, 2.24) is 10.3 Å². The lowest BCUT2D eigenvalue weighted by atomic mass is 10.2. The van der Waals surface area contributed by atoms with Crippen molar-refractivity contribution in [3.63, 3.8) is 0 Å². The van der Waals surface area contributed by atoms with E-state index in [1.165, 1.54) is 18.5 Å². The summed E-state index contributed by atoms with van der Waals surface area (Å²) >= 11 is 0. The molecule has 0 aliphatic rings. The number of nitrogens with one attached hydrogen (secondary N) is 2. The average molecular weight is 369 g/mol. The number of rotatable bonds is 6. The second kappa shape index (κ2) is 8.27. The van der Waals surface area contributed by atoms with Crippen molar-refractivity contribution in [2.45, 2.75) is 6.54 Å². The molecule has 0 fully saturated rings. The first-order valence-electron chi connectivity index (χ1n) is 8.13. The first kappa shape index (κ1) is 18.3. The van der Waals surface area contributed by atoms with Gasteiger partial charge >= 0.3 is 0 Å². The Labute approximate surface area is 155 Å². The van der Waals surface area contributed by atoms with E-state index in [0.29, 0.717) is 23.5 Å². The lowest BCUT2D eigenvalue weighted by Gasteiger charge is -2.09. The summed E-state index contributed by atoms with van der Waals surface area (Å²) in [6, 6.07) is 12.4. The number of methoxy groups -OCH3 is 1. The molecule has 2 N–H and O–H groups in total. The van der Waals surface area contributed by atoms with E-state index < -0.39 is 11.6 Å². The van der Waals surface area contributed by atoms with Crippen LogP contribution in [0.15, 0.2) is 60.9 Å². The highest BCUT2D eigenvalue weighted by atomic mass is 19.2. The minimum absolute atomic E-state index is 0.299. The van der Waals surface area contributed by atoms with Crippen molar-refractivity contribution in [1.29, 1.82) is 0 Å². The van der Waals surface area contributed by atoms with E-state index in [4.69, 9.17) is 4.74 Å². The summed E-state index contributed by atoms with van der Waals surface area (Å²) in [5.74, 6) is -1.44. The number of halogens is 2. The Kier molecular flexibility index (Phi) is 5.61. The van der Waals surface area contributed by atoms with E-state index in [1.54, 1.807) is 13.2 Å². The zero-order valence-corrected chi connectivity index (χ0v) is 14.5. The number of pyridine rings is 1. The third kappa shape index (κ3) is 4.78. The van der Waals surface area contributed by atoms with E-state index in [-0.39, 0.29) is 5.91 Å². The highest BCUT2D eigenvalue weighted by molar-refractivity contribution is 5.94. The Balaban J connectivity index is 1.64. The highest BCUT2D eigenvalue weighted by Gasteiger charge is 2.08. The van der Waals surface area contributed by atoms with Gasteiger partial charge in [-0.3, -0.25) is 9.78 Å². The maximum absolute atomic E-state index is 13.3. The maximum Gasteiger partial charge on any atom is 0.253 e. The number of aromatic nitrogens is 1. The standard InChI is InChI=1S/C20H17F2N3O2/c1-27-17-5-2-13(3-6-17)10-24-20(26)14-8-16(12-23-11-14)25-15-4-7-18(21)19(22)9-15/h2-9,11-12,25H,10H2,1H3,(H,24,26). The molecule has 3 aromatic rings. The molecule has 2 aromatic carbocycles. The van der Waals surface area contributed by atoms with Gasteiger partial charge in [0.1, 0.15) is 5.75 Å². The van der Waals surface area contributed by atoms with Crippen molar-refractivity contribution in [2.24, 2.45) is 0 Å². The molecule has 0 saturated carbocycles. The zero-order chi connectivity index (χ0) is 19.2. The Bertz CT molecular complexity index is 946. The second-order valence-electron chi connectivity index (χ2n) is 5.75. The molecule has 0 radical (unpaired) electrons. The first-order valence-corrected chi connectivity index (χ1v) is 8.13. The number of amides is 1. The van der Waals surface area contributed by atoms with E-state index in [1.807, 2.05) is 24.3 Å². The number of ether oxygens (including phenoxy) is 1. The van der Waals surface area contributed by atoms with Crippen LogP contribution in [-0.4, -0.2) is 18.0 Å². The number of hydrogen-bond donors (Lipinski definition) is 2. The molecule has 1 amide bonds. The molecule has 27 heavy (non-hydrogen) atoms. The van der Waals surface area contributed by atoms with Gasteiger partial charge in [-0.1, -0.05) is 12.1 Å². The molecule has 0 saturated heterocycles. The van der Waals surface area contributed by atoms with Gasteiger partial charge in [0.25, 0.3) is 5.91 Å². The van der Waals surface area contributed by atoms with E-state index in [0.717, 1.165) is 23.4 Å². The van der Waals surface area contributed by atoms with Crippen LogP contribution < -0.4 is 15.4 Å². The van der Waals surface area contributed by atoms with E-state index in [2.05, 4.69) is 15.6 Å². The Hall–Kier alpha value is -3.48. The molecule has 7 heteroatoms. The highest BCUT2D eigenvalue weighted by Crippen LogP contribution is 2.19. The summed E-state index contributed by atoms with van der Waals surface area (Å²) in [6.45, 7) is 0.351. The number of nitrogens with zero attached hydrogens (tertiary/aromatic N) is 1. The number of anilines is 2. The van der Waals surface area contributed by atoms with Crippen LogP contribution in [0.1, 0.15) is 15.9 Å². The van der Waals surface area contributed by atoms with Crippen LogP contribution in [0, 0.1) is 11.6 Å². The van der Waals surface area contributed by atoms with Crippen molar-refractivity contribution in [3.8, 4) is 5.75 Å². The van der Waals surface area contributed by atoms with Crippen LogP contribution >= 0.6 is 0 Å². The molecule has 1 heterocycles. The van der Waals surface area contributed by atoms with Crippen LogP contribution in [0.2, 0.25) is 0 Å². The number of hydrogen-bond acceptors (Lipinski definition) is 4. The maximum atomic E-state index is 13.3. The minimum atomic E-state index is -0.957. The molecule has 3 rings (SSSR count). The van der Waals surface area contributed by atoms with Gasteiger partial charge in [0.2, 0.25) is 0 Å². The van der Waals surface area contributed by atoms with Gasteiger partial charge in [0.15, 0.2) is 11.6 Å². The van der Waals surface area contributed by atoms with Gasteiger partial charge in [0, 0.05) is 24.5 Å². The summed E-state index contributed by atoms with van der Waals surface area (Å²) in [4.78, 5) is 16.3. The predicted octanol–water partition coefficient (Wildman–Crippen LogP) is 4.04. The van der Waals surface area contributed by atoms with Crippen molar-refractivity contribution in [3.05, 3.63) is 83.7 Å². The van der Waals surface area contributed by atoms with Gasteiger partial charge in [-0.25, -0.2) is 8.78 Å². The summed E-state index contributed by atoms with van der Waals surface area (Å²) in [6.07, 6.45) is 2.92. The Morgan fingerprint density at radius 2 is 1.78 bits per heavy atom. The first-order chi connectivity index (χ1) is 13.0. The van der Waals surface area contributed by atoms with Crippen molar-refractivity contribution >= 4 is 17.3 Å². The molecular formula is C20H17F2N3O2. The lowest BCUT2D eigenvalue weighted by molar-refractivity contribution is 0.0950. The van der Waals surface area contributed by atoms with Gasteiger partial charge in [-0.15, -0.1) is 0 Å². The Morgan fingerprint density at radius 3 is 2.48 bits per heavy atom. The molecule has 5 nitrogen and oxygen atoms in total. The fourth-order valence-corrected chi connectivity index (χ4v) is 2.40. The molecule has 0 aliphatic heterocycles. The smallest absolute Gasteiger partial charge is 0.253 e. The van der Waals surface area contributed by atoms with E-state index in [9.17, 15) is 13.6 Å². The molecule has 0 atom stereocenters. The fraction of sp³-hybridized carbons (Fsp3) is 0.100. The number of carbonyl (C=O) groups is 1. The summed E-state index contributed by atoms with van der Waals surface area (Å²) in [5.41, 5.74) is 2.11. The average Bonchev–Trinajstić information content (AvgIpc) is 2.69.